The maximum absolute atomic E-state index is 6.19. The molecule has 0 radical (unpaired) electrons. The SMILES string of the molecule is CC(C)CN1CCOC2(COCCN(c3ncccn3)C2)C1. The van der Waals surface area contributed by atoms with Crippen LogP contribution in [0.15, 0.2) is 18.5 Å². The monoisotopic (exact) mass is 306 g/mol. The first-order valence-corrected chi connectivity index (χ1v) is 8.13. The minimum absolute atomic E-state index is 0.275. The van der Waals surface area contributed by atoms with Crippen LogP contribution in [0.25, 0.3) is 0 Å². The summed E-state index contributed by atoms with van der Waals surface area (Å²) in [6, 6.07) is 1.84. The van der Waals surface area contributed by atoms with Crippen LogP contribution in [-0.4, -0.2) is 73.0 Å². The van der Waals surface area contributed by atoms with Gasteiger partial charge in [0.2, 0.25) is 5.95 Å². The van der Waals surface area contributed by atoms with E-state index in [1.807, 2.05) is 6.07 Å². The Hall–Kier alpha value is -1.24. The number of aromatic nitrogens is 2. The molecule has 1 aromatic rings. The molecular weight excluding hydrogens is 280 g/mol. The van der Waals surface area contributed by atoms with Crippen molar-refractivity contribution in [1.82, 2.24) is 14.9 Å². The Bertz CT molecular complexity index is 470. The van der Waals surface area contributed by atoms with Crippen molar-refractivity contribution >= 4 is 5.95 Å². The third kappa shape index (κ3) is 3.74. The van der Waals surface area contributed by atoms with E-state index in [4.69, 9.17) is 9.47 Å². The van der Waals surface area contributed by atoms with E-state index in [0.29, 0.717) is 19.1 Å². The summed E-state index contributed by atoms with van der Waals surface area (Å²) >= 11 is 0. The third-order valence-electron chi connectivity index (χ3n) is 4.14. The van der Waals surface area contributed by atoms with Crippen molar-refractivity contribution < 1.29 is 9.47 Å². The molecule has 3 rings (SSSR count). The van der Waals surface area contributed by atoms with Gasteiger partial charge >= 0.3 is 0 Å². The number of rotatable bonds is 3. The molecule has 1 unspecified atom stereocenters. The molecule has 1 spiro atoms. The molecule has 0 aliphatic carbocycles. The van der Waals surface area contributed by atoms with Crippen molar-refractivity contribution in [3.63, 3.8) is 0 Å². The molecule has 2 saturated heterocycles. The number of hydrogen-bond acceptors (Lipinski definition) is 6. The van der Waals surface area contributed by atoms with Crippen LogP contribution >= 0.6 is 0 Å². The Morgan fingerprint density at radius 3 is 2.77 bits per heavy atom. The first-order valence-electron chi connectivity index (χ1n) is 8.13. The normalized spacial score (nSPS) is 27.3. The number of anilines is 1. The quantitative estimate of drug-likeness (QED) is 0.832. The van der Waals surface area contributed by atoms with Crippen molar-refractivity contribution in [3.8, 4) is 0 Å². The van der Waals surface area contributed by atoms with E-state index in [1.54, 1.807) is 12.4 Å². The number of nitrogens with zero attached hydrogens (tertiary/aromatic N) is 4. The molecule has 1 atom stereocenters. The smallest absolute Gasteiger partial charge is 0.225 e. The highest BCUT2D eigenvalue weighted by Crippen LogP contribution is 2.24. The van der Waals surface area contributed by atoms with Gasteiger partial charge in [-0.1, -0.05) is 13.8 Å². The zero-order valence-corrected chi connectivity index (χ0v) is 13.6. The molecule has 0 bridgehead atoms. The molecule has 22 heavy (non-hydrogen) atoms. The van der Waals surface area contributed by atoms with Crippen molar-refractivity contribution in [3.05, 3.63) is 18.5 Å². The van der Waals surface area contributed by atoms with Crippen molar-refractivity contribution in [2.24, 2.45) is 5.92 Å². The fourth-order valence-electron chi connectivity index (χ4n) is 3.31. The Kier molecular flexibility index (Phi) is 4.90. The third-order valence-corrected chi connectivity index (χ3v) is 4.14. The van der Waals surface area contributed by atoms with Crippen LogP contribution in [0.3, 0.4) is 0 Å². The first-order chi connectivity index (χ1) is 10.7. The second-order valence-electron chi connectivity index (χ2n) is 6.68. The van der Waals surface area contributed by atoms with E-state index in [2.05, 4.69) is 33.6 Å². The number of hydrogen-bond donors (Lipinski definition) is 0. The van der Waals surface area contributed by atoms with Gasteiger partial charge in [-0.15, -0.1) is 0 Å². The van der Waals surface area contributed by atoms with E-state index in [1.165, 1.54) is 0 Å². The molecule has 2 fully saturated rings. The maximum Gasteiger partial charge on any atom is 0.225 e. The van der Waals surface area contributed by atoms with Gasteiger partial charge in [-0.25, -0.2) is 9.97 Å². The zero-order chi connectivity index (χ0) is 15.4. The van der Waals surface area contributed by atoms with Crippen LogP contribution in [0.2, 0.25) is 0 Å². The molecular formula is C16H26N4O2. The Morgan fingerprint density at radius 1 is 1.18 bits per heavy atom. The largest absolute Gasteiger partial charge is 0.376 e. The molecule has 0 aromatic carbocycles. The van der Waals surface area contributed by atoms with E-state index in [9.17, 15) is 0 Å². The van der Waals surface area contributed by atoms with Gasteiger partial charge in [0, 0.05) is 38.6 Å². The summed E-state index contributed by atoms with van der Waals surface area (Å²) in [5, 5.41) is 0. The van der Waals surface area contributed by atoms with Gasteiger partial charge in [-0.2, -0.15) is 0 Å². The molecule has 0 amide bonds. The molecule has 6 nitrogen and oxygen atoms in total. The topological polar surface area (TPSA) is 50.7 Å². The lowest BCUT2D eigenvalue weighted by Crippen LogP contribution is -2.59. The predicted molar refractivity (Wildman–Crippen MR) is 85.0 cm³/mol. The van der Waals surface area contributed by atoms with Crippen LogP contribution in [0.1, 0.15) is 13.8 Å². The Morgan fingerprint density at radius 2 is 2.00 bits per heavy atom. The fourth-order valence-corrected chi connectivity index (χ4v) is 3.31. The van der Waals surface area contributed by atoms with Crippen molar-refractivity contribution in [2.75, 3.05) is 57.4 Å². The van der Waals surface area contributed by atoms with E-state index >= 15 is 0 Å². The van der Waals surface area contributed by atoms with Gasteiger partial charge in [0.05, 0.1) is 26.4 Å². The molecule has 3 heterocycles. The molecule has 122 valence electrons. The molecule has 2 aliphatic heterocycles. The van der Waals surface area contributed by atoms with Crippen LogP contribution in [0, 0.1) is 5.92 Å². The van der Waals surface area contributed by atoms with Crippen molar-refractivity contribution in [2.45, 2.75) is 19.4 Å². The van der Waals surface area contributed by atoms with Crippen molar-refractivity contribution in [1.29, 1.82) is 0 Å². The van der Waals surface area contributed by atoms with Gasteiger partial charge in [-0.05, 0) is 12.0 Å². The van der Waals surface area contributed by atoms with Gasteiger partial charge in [0.1, 0.15) is 5.60 Å². The predicted octanol–water partition coefficient (Wildman–Crippen LogP) is 1.04. The summed E-state index contributed by atoms with van der Waals surface area (Å²) in [7, 11) is 0. The number of morpholine rings is 1. The van der Waals surface area contributed by atoms with Gasteiger partial charge < -0.3 is 14.4 Å². The average Bonchev–Trinajstić information content (AvgIpc) is 2.70. The summed E-state index contributed by atoms with van der Waals surface area (Å²) in [6.07, 6.45) is 3.57. The lowest BCUT2D eigenvalue weighted by atomic mass is 10.0. The fraction of sp³-hybridized carbons (Fsp3) is 0.750. The summed E-state index contributed by atoms with van der Waals surface area (Å²) in [6.45, 7) is 11.2. The van der Waals surface area contributed by atoms with Crippen LogP contribution in [0.4, 0.5) is 5.95 Å². The maximum atomic E-state index is 6.19. The molecule has 6 heteroatoms. The second-order valence-corrected chi connectivity index (χ2v) is 6.68. The average molecular weight is 306 g/mol. The van der Waals surface area contributed by atoms with E-state index < -0.39 is 0 Å². The second kappa shape index (κ2) is 6.89. The lowest BCUT2D eigenvalue weighted by molar-refractivity contribution is -0.133. The summed E-state index contributed by atoms with van der Waals surface area (Å²) < 4.78 is 12.0. The van der Waals surface area contributed by atoms with E-state index in [0.717, 1.165) is 45.3 Å². The number of ether oxygens (including phenoxy) is 2. The molecule has 0 saturated carbocycles. The van der Waals surface area contributed by atoms with Gasteiger partial charge in [0.25, 0.3) is 0 Å². The Labute approximate surface area is 132 Å². The molecule has 0 N–H and O–H groups in total. The summed E-state index contributed by atoms with van der Waals surface area (Å²) in [4.78, 5) is 13.4. The molecule has 1 aromatic heterocycles. The van der Waals surface area contributed by atoms with Gasteiger partial charge in [-0.3, -0.25) is 4.90 Å². The van der Waals surface area contributed by atoms with Crippen LogP contribution in [0.5, 0.6) is 0 Å². The standard InChI is InChI=1S/C16H26N4O2/c1-14(2)10-19-6-9-22-16(11-19)12-20(7-8-21-13-16)15-17-4-3-5-18-15/h3-5,14H,6-13H2,1-2H3. The minimum atomic E-state index is -0.275. The van der Waals surface area contributed by atoms with Crippen LogP contribution < -0.4 is 4.90 Å². The Balaban J connectivity index is 1.73. The highest BCUT2D eigenvalue weighted by Gasteiger charge is 2.40. The minimum Gasteiger partial charge on any atom is -0.376 e. The van der Waals surface area contributed by atoms with E-state index in [-0.39, 0.29) is 5.60 Å². The summed E-state index contributed by atoms with van der Waals surface area (Å²) in [5.41, 5.74) is -0.275. The van der Waals surface area contributed by atoms with Gasteiger partial charge in [0.15, 0.2) is 0 Å². The van der Waals surface area contributed by atoms with Crippen LogP contribution in [-0.2, 0) is 9.47 Å². The zero-order valence-electron chi connectivity index (χ0n) is 13.6. The first kappa shape index (κ1) is 15.6. The lowest BCUT2D eigenvalue weighted by Gasteiger charge is -2.43. The highest BCUT2D eigenvalue weighted by atomic mass is 16.5. The summed E-state index contributed by atoms with van der Waals surface area (Å²) in [5.74, 6) is 1.42. The molecule has 2 aliphatic rings. The highest BCUT2D eigenvalue weighted by molar-refractivity contribution is 5.30.